The minimum Gasteiger partial charge on any atom is -0.480 e. The number of carboxylic acids is 1. The molecule has 1 aliphatic heterocycles. The van der Waals surface area contributed by atoms with Gasteiger partial charge in [0.2, 0.25) is 0 Å². The third kappa shape index (κ3) is 3.78. The van der Waals surface area contributed by atoms with Crippen molar-refractivity contribution in [2.45, 2.75) is 31.7 Å². The first-order valence-electron chi connectivity index (χ1n) is 6.51. The van der Waals surface area contributed by atoms with Crippen LogP contribution in [0.15, 0.2) is 16.8 Å². The summed E-state index contributed by atoms with van der Waals surface area (Å²) in [5, 5.41) is 13.0. The summed E-state index contributed by atoms with van der Waals surface area (Å²) in [4.78, 5) is 11.1. The van der Waals surface area contributed by atoms with E-state index in [1.54, 1.807) is 11.3 Å². The average molecular weight is 318 g/mol. The number of piperidine rings is 1. The number of hydrogen-bond acceptors (Lipinski definition) is 4. The Hall–Kier alpha value is -0.960. The van der Waals surface area contributed by atoms with Crippen LogP contribution < -0.4 is 4.72 Å². The Bertz CT molecular complexity index is 542. The van der Waals surface area contributed by atoms with E-state index in [-0.39, 0.29) is 13.1 Å². The fraction of sp³-hybridized carbons (Fsp3) is 0.583. The molecule has 1 aliphatic rings. The van der Waals surface area contributed by atoms with Crippen molar-refractivity contribution >= 4 is 27.5 Å². The first-order chi connectivity index (χ1) is 9.50. The third-order valence-electron chi connectivity index (χ3n) is 3.33. The van der Waals surface area contributed by atoms with Gasteiger partial charge in [-0.1, -0.05) is 0 Å². The van der Waals surface area contributed by atoms with Gasteiger partial charge in [0, 0.05) is 13.1 Å². The van der Waals surface area contributed by atoms with E-state index in [2.05, 4.69) is 4.72 Å². The van der Waals surface area contributed by atoms with Crippen LogP contribution in [0.2, 0.25) is 0 Å². The zero-order chi connectivity index (χ0) is 14.6. The second-order valence-corrected chi connectivity index (χ2v) is 7.23. The molecule has 0 spiro atoms. The van der Waals surface area contributed by atoms with Crippen LogP contribution in [0.25, 0.3) is 0 Å². The van der Waals surface area contributed by atoms with Crippen molar-refractivity contribution in [3.8, 4) is 0 Å². The largest absolute Gasteiger partial charge is 0.480 e. The monoisotopic (exact) mass is 318 g/mol. The Morgan fingerprint density at radius 2 is 2.30 bits per heavy atom. The summed E-state index contributed by atoms with van der Waals surface area (Å²) in [5.41, 5.74) is 1.08. The first-order valence-corrected chi connectivity index (χ1v) is 8.89. The van der Waals surface area contributed by atoms with Crippen LogP contribution in [0.1, 0.15) is 24.8 Å². The highest BCUT2D eigenvalue weighted by atomic mass is 32.2. The molecule has 0 bridgehead atoms. The minimum absolute atomic E-state index is 0.269. The third-order valence-corrected chi connectivity index (χ3v) is 5.68. The summed E-state index contributed by atoms with van der Waals surface area (Å²) in [5.74, 6) is -1.08. The molecule has 0 amide bonds. The van der Waals surface area contributed by atoms with Gasteiger partial charge in [-0.05, 0) is 48.1 Å². The minimum atomic E-state index is -3.72. The second-order valence-electron chi connectivity index (χ2n) is 4.74. The molecule has 0 aromatic carbocycles. The standard InChI is InChI=1S/C12H18N2O4S2/c15-12(16)11-3-1-2-7-14(11)20(17,18)13-6-4-10-5-8-19-9-10/h5,8-9,11,13H,1-4,6-7H2,(H,15,16). The Morgan fingerprint density at radius 1 is 1.50 bits per heavy atom. The van der Waals surface area contributed by atoms with Gasteiger partial charge < -0.3 is 5.11 Å². The van der Waals surface area contributed by atoms with Gasteiger partial charge in [-0.15, -0.1) is 0 Å². The molecule has 1 unspecified atom stereocenters. The maximum absolute atomic E-state index is 12.2. The highest BCUT2D eigenvalue weighted by Crippen LogP contribution is 2.20. The zero-order valence-electron chi connectivity index (χ0n) is 11.0. The van der Waals surface area contributed by atoms with Crippen molar-refractivity contribution in [2.24, 2.45) is 0 Å². The van der Waals surface area contributed by atoms with E-state index >= 15 is 0 Å². The van der Waals surface area contributed by atoms with Gasteiger partial charge in [0.05, 0.1) is 0 Å². The number of carbonyl (C=O) groups is 1. The van der Waals surface area contributed by atoms with Crippen molar-refractivity contribution in [3.05, 3.63) is 22.4 Å². The molecule has 1 fully saturated rings. The number of carboxylic acid groups (broad SMARTS) is 1. The van der Waals surface area contributed by atoms with Crippen molar-refractivity contribution in [2.75, 3.05) is 13.1 Å². The molecule has 2 heterocycles. The lowest BCUT2D eigenvalue weighted by Crippen LogP contribution is -2.52. The lowest BCUT2D eigenvalue weighted by Gasteiger charge is -2.31. The lowest BCUT2D eigenvalue weighted by molar-refractivity contribution is -0.142. The highest BCUT2D eigenvalue weighted by molar-refractivity contribution is 7.87. The van der Waals surface area contributed by atoms with Crippen molar-refractivity contribution in [3.63, 3.8) is 0 Å². The van der Waals surface area contributed by atoms with Crippen LogP contribution in [0, 0.1) is 0 Å². The number of rotatable bonds is 6. The Balaban J connectivity index is 1.95. The van der Waals surface area contributed by atoms with E-state index in [0.29, 0.717) is 19.3 Å². The van der Waals surface area contributed by atoms with E-state index in [9.17, 15) is 13.2 Å². The summed E-state index contributed by atoms with van der Waals surface area (Å²) < 4.78 is 27.9. The summed E-state index contributed by atoms with van der Waals surface area (Å²) in [6, 6.07) is 1.00. The summed E-state index contributed by atoms with van der Waals surface area (Å²) >= 11 is 1.56. The maximum Gasteiger partial charge on any atom is 0.322 e. The highest BCUT2D eigenvalue weighted by Gasteiger charge is 2.36. The quantitative estimate of drug-likeness (QED) is 0.821. The van der Waals surface area contributed by atoms with Gasteiger partial charge in [-0.2, -0.15) is 24.1 Å². The van der Waals surface area contributed by atoms with Gasteiger partial charge in [0.1, 0.15) is 6.04 Å². The molecule has 6 nitrogen and oxygen atoms in total. The second kappa shape index (κ2) is 6.66. The molecular formula is C12H18N2O4S2. The first kappa shape index (κ1) is 15.4. The van der Waals surface area contributed by atoms with Crippen LogP contribution in [0.3, 0.4) is 0 Å². The van der Waals surface area contributed by atoms with Gasteiger partial charge >= 0.3 is 5.97 Å². The molecule has 0 saturated carbocycles. The molecule has 20 heavy (non-hydrogen) atoms. The molecule has 1 atom stereocenters. The summed E-state index contributed by atoms with van der Waals surface area (Å²) in [7, 11) is -3.72. The Morgan fingerprint density at radius 3 is 2.95 bits per heavy atom. The molecule has 0 radical (unpaired) electrons. The topological polar surface area (TPSA) is 86.7 Å². The van der Waals surface area contributed by atoms with Crippen molar-refractivity contribution < 1.29 is 18.3 Å². The van der Waals surface area contributed by atoms with Crippen LogP contribution in [0.5, 0.6) is 0 Å². The Kier molecular flexibility index (Phi) is 5.14. The van der Waals surface area contributed by atoms with Gasteiger partial charge in [-0.25, -0.2) is 4.72 Å². The number of aliphatic carboxylic acids is 1. The van der Waals surface area contributed by atoms with Crippen LogP contribution in [-0.2, 0) is 21.4 Å². The van der Waals surface area contributed by atoms with Crippen molar-refractivity contribution in [1.29, 1.82) is 0 Å². The molecule has 0 aliphatic carbocycles. The van der Waals surface area contributed by atoms with Gasteiger partial charge in [0.25, 0.3) is 10.2 Å². The van der Waals surface area contributed by atoms with Gasteiger partial charge in [-0.3, -0.25) is 4.79 Å². The maximum atomic E-state index is 12.2. The average Bonchev–Trinajstić information content (AvgIpc) is 2.91. The van der Waals surface area contributed by atoms with E-state index < -0.39 is 22.2 Å². The predicted molar refractivity (Wildman–Crippen MR) is 76.9 cm³/mol. The molecule has 1 saturated heterocycles. The summed E-state index contributed by atoms with van der Waals surface area (Å²) in [6.07, 6.45) is 2.43. The molecule has 2 rings (SSSR count). The van der Waals surface area contributed by atoms with E-state index in [4.69, 9.17) is 5.11 Å². The normalized spacial score (nSPS) is 20.9. The van der Waals surface area contributed by atoms with Crippen molar-refractivity contribution in [1.82, 2.24) is 9.03 Å². The van der Waals surface area contributed by atoms with E-state index in [1.165, 1.54) is 0 Å². The number of hydrogen-bond donors (Lipinski definition) is 2. The fourth-order valence-electron chi connectivity index (χ4n) is 2.28. The summed E-state index contributed by atoms with van der Waals surface area (Å²) in [6.45, 7) is 0.548. The smallest absolute Gasteiger partial charge is 0.322 e. The molecule has 1 aromatic heterocycles. The van der Waals surface area contributed by atoms with Gasteiger partial charge in [0.15, 0.2) is 0 Å². The molecular weight excluding hydrogens is 300 g/mol. The van der Waals surface area contributed by atoms with Crippen LogP contribution >= 0.6 is 11.3 Å². The number of nitrogens with zero attached hydrogens (tertiary/aromatic N) is 1. The fourth-order valence-corrected chi connectivity index (χ4v) is 4.41. The van der Waals surface area contributed by atoms with E-state index in [1.807, 2.05) is 16.8 Å². The zero-order valence-corrected chi connectivity index (χ0v) is 12.6. The van der Waals surface area contributed by atoms with E-state index in [0.717, 1.165) is 16.3 Å². The SMILES string of the molecule is O=C(O)C1CCCCN1S(=O)(=O)NCCc1ccsc1. The molecule has 112 valence electrons. The number of nitrogens with one attached hydrogen (secondary N) is 1. The number of thiophene rings is 1. The van der Waals surface area contributed by atoms with Crippen LogP contribution in [-0.4, -0.2) is 42.9 Å². The predicted octanol–water partition coefficient (Wildman–Crippen LogP) is 1.06. The Labute approximate surface area is 122 Å². The lowest BCUT2D eigenvalue weighted by atomic mass is 10.1. The molecule has 1 aromatic rings. The van der Waals surface area contributed by atoms with Crippen LogP contribution in [0.4, 0.5) is 0 Å². The molecule has 2 N–H and O–H groups in total. The molecule has 8 heteroatoms.